The molecule has 2 heterocycles. The normalized spacial score (nSPS) is 25.9. The number of fused-ring (bicyclic) bond motifs is 1. The van der Waals surface area contributed by atoms with Gasteiger partial charge >= 0.3 is 0 Å². The highest BCUT2D eigenvalue weighted by atomic mass is 16.5. The summed E-state index contributed by atoms with van der Waals surface area (Å²) >= 11 is 0. The minimum atomic E-state index is -0.202. The van der Waals surface area contributed by atoms with Crippen LogP contribution in [-0.2, 0) is 14.3 Å². The number of carbonyl (C=O) groups is 2. The Labute approximate surface area is 95.3 Å². The zero-order chi connectivity index (χ0) is 11.5. The molecule has 0 spiro atoms. The SMILES string of the molecule is COCCN1CC(=O)N2CCCCC2C1=O. The Balaban J connectivity index is 2.04. The van der Waals surface area contributed by atoms with E-state index in [1.54, 1.807) is 16.9 Å². The Hall–Kier alpha value is -1.10. The summed E-state index contributed by atoms with van der Waals surface area (Å²) < 4.78 is 4.95. The standard InChI is InChI=1S/C11H18N2O3/c1-16-7-6-12-8-10(14)13-5-3-2-4-9(13)11(12)15/h9H,2-8H2,1H3. The van der Waals surface area contributed by atoms with Crippen LogP contribution in [0.25, 0.3) is 0 Å². The van der Waals surface area contributed by atoms with E-state index >= 15 is 0 Å². The summed E-state index contributed by atoms with van der Waals surface area (Å²) in [5.74, 6) is 0.178. The van der Waals surface area contributed by atoms with E-state index in [1.807, 2.05) is 0 Å². The lowest BCUT2D eigenvalue weighted by Gasteiger charge is -2.42. The van der Waals surface area contributed by atoms with Crippen molar-refractivity contribution in [2.24, 2.45) is 0 Å². The van der Waals surface area contributed by atoms with Crippen LogP contribution in [0.5, 0.6) is 0 Å². The van der Waals surface area contributed by atoms with Gasteiger partial charge in [0.05, 0.1) is 13.2 Å². The maximum atomic E-state index is 12.1. The molecule has 2 rings (SSSR count). The first-order valence-corrected chi connectivity index (χ1v) is 5.81. The van der Waals surface area contributed by atoms with Gasteiger partial charge in [0.1, 0.15) is 6.04 Å². The highest BCUT2D eigenvalue weighted by molar-refractivity contribution is 5.95. The second-order valence-electron chi connectivity index (χ2n) is 4.35. The van der Waals surface area contributed by atoms with Crippen LogP contribution < -0.4 is 0 Å². The molecule has 0 saturated carbocycles. The molecule has 0 aliphatic carbocycles. The van der Waals surface area contributed by atoms with Crippen molar-refractivity contribution in [3.63, 3.8) is 0 Å². The van der Waals surface area contributed by atoms with E-state index in [0.29, 0.717) is 13.2 Å². The van der Waals surface area contributed by atoms with E-state index in [2.05, 4.69) is 0 Å². The zero-order valence-corrected chi connectivity index (χ0v) is 9.65. The smallest absolute Gasteiger partial charge is 0.245 e. The van der Waals surface area contributed by atoms with Gasteiger partial charge in [-0.05, 0) is 19.3 Å². The Morgan fingerprint density at radius 3 is 2.94 bits per heavy atom. The molecule has 0 radical (unpaired) electrons. The first-order chi connectivity index (χ1) is 7.74. The lowest BCUT2D eigenvalue weighted by Crippen LogP contribution is -2.61. The molecule has 5 heteroatoms. The summed E-state index contributed by atoms with van der Waals surface area (Å²) in [6.45, 7) is 1.98. The summed E-state index contributed by atoms with van der Waals surface area (Å²) in [5, 5.41) is 0. The average molecular weight is 226 g/mol. The molecule has 1 unspecified atom stereocenters. The number of ether oxygens (including phenoxy) is 1. The predicted octanol–water partition coefficient (Wildman–Crippen LogP) is -0.144. The molecule has 0 aromatic heterocycles. The van der Waals surface area contributed by atoms with Crippen LogP contribution in [0.3, 0.4) is 0 Å². The highest BCUT2D eigenvalue weighted by Gasteiger charge is 2.39. The molecule has 0 bridgehead atoms. The highest BCUT2D eigenvalue weighted by Crippen LogP contribution is 2.22. The first kappa shape index (κ1) is 11.4. The predicted molar refractivity (Wildman–Crippen MR) is 57.8 cm³/mol. The lowest BCUT2D eigenvalue weighted by molar-refractivity contribution is -0.158. The molecule has 2 fully saturated rings. The van der Waals surface area contributed by atoms with Crippen molar-refractivity contribution >= 4 is 11.8 Å². The van der Waals surface area contributed by atoms with Crippen LogP contribution in [0.1, 0.15) is 19.3 Å². The fourth-order valence-electron chi connectivity index (χ4n) is 2.42. The molecule has 2 saturated heterocycles. The number of hydrogen-bond acceptors (Lipinski definition) is 3. The molecule has 90 valence electrons. The van der Waals surface area contributed by atoms with E-state index in [4.69, 9.17) is 4.74 Å². The van der Waals surface area contributed by atoms with Gasteiger partial charge in [0.2, 0.25) is 11.8 Å². The van der Waals surface area contributed by atoms with Gasteiger partial charge in [-0.2, -0.15) is 0 Å². The molecule has 16 heavy (non-hydrogen) atoms. The minimum absolute atomic E-state index is 0.0837. The molecule has 0 N–H and O–H groups in total. The topological polar surface area (TPSA) is 49.9 Å². The third-order valence-electron chi connectivity index (χ3n) is 3.31. The van der Waals surface area contributed by atoms with Crippen LogP contribution in [0.2, 0.25) is 0 Å². The molecular formula is C11H18N2O3. The molecule has 1 atom stereocenters. The fourth-order valence-corrected chi connectivity index (χ4v) is 2.42. The number of methoxy groups -OCH3 is 1. The summed E-state index contributed by atoms with van der Waals surface area (Å²) in [5.41, 5.74) is 0. The van der Waals surface area contributed by atoms with Gasteiger partial charge in [0.25, 0.3) is 0 Å². The quantitative estimate of drug-likeness (QED) is 0.673. The third-order valence-corrected chi connectivity index (χ3v) is 3.31. The molecular weight excluding hydrogens is 208 g/mol. The summed E-state index contributed by atoms with van der Waals surface area (Å²) in [7, 11) is 1.60. The minimum Gasteiger partial charge on any atom is -0.383 e. The van der Waals surface area contributed by atoms with E-state index in [9.17, 15) is 9.59 Å². The molecule has 2 amide bonds. The van der Waals surface area contributed by atoms with Gasteiger partial charge < -0.3 is 14.5 Å². The maximum Gasteiger partial charge on any atom is 0.245 e. The number of nitrogens with zero attached hydrogens (tertiary/aromatic N) is 2. The number of carbonyl (C=O) groups excluding carboxylic acids is 2. The molecule has 5 nitrogen and oxygen atoms in total. The van der Waals surface area contributed by atoms with Crippen molar-refractivity contribution in [2.75, 3.05) is 33.4 Å². The van der Waals surface area contributed by atoms with Crippen LogP contribution >= 0.6 is 0 Å². The summed E-state index contributed by atoms with van der Waals surface area (Å²) in [6.07, 6.45) is 2.87. The number of piperazine rings is 1. The van der Waals surface area contributed by atoms with Crippen LogP contribution in [0.15, 0.2) is 0 Å². The van der Waals surface area contributed by atoms with Crippen LogP contribution in [-0.4, -0.2) is 61.0 Å². The molecule has 0 aromatic carbocycles. The van der Waals surface area contributed by atoms with Crippen molar-refractivity contribution in [1.29, 1.82) is 0 Å². The van der Waals surface area contributed by atoms with Crippen molar-refractivity contribution in [2.45, 2.75) is 25.3 Å². The van der Waals surface area contributed by atoms with E-state index in [1.165, 1.54) is 0 Å². The van der Waals surface area contributed by atoms with Crippen LogP contribution in [0.4, 0.5) is 0 Å². The van der Waals surface area contributed by atoms with E-state index in [0.717, 1.165) is 25.8 Å². The number of piperidine rings is 1. The molecule has 2 aliphatic heterocycles. The number of hydrogen-bond donors (Lipinski definition) is 0. The summed E-state index contributed by atoms with van der Waals surface area (Å²) in [6, 6.07) is -0.202. The van der Waals surface area contributed by atoms with Crippen molar-refractivity contribution in [3.8, 4) is 0 Å². The van der Waals surface area contributed by atoms with Crippen molar-refractivity contribution in [1.82, 2.24) is 9.80 Å². The Bertz CT molecular complexity index is 293. The lowest BCUT2D eigenvalue weighted by atomic mass is 9.98. The van der Waals surface area contributed by atoms with E-state index in [-0.39, 0.29) is 24.4 Å². The summed E-state index contributed by atoms with van der Waals surface area (Å²) in [4.78, 5) is 27.3. The Morgan fingerprint density at radius 2 is 2.19 bits per heavy atom. The second-order valence-corrected chi connectivity index (χ2v) is 4.35. The largest absolute Gasteiger partial charge is 0.383 e. The number of rotatable bonds is 3. The molecule has 0 aromatic rings. The van der Waals surface area contributed by atoms with Crippen molar-refractivity contribution < 1.29 is 14.3 Å². The van der Waals surface area contributed by atoms with Gasteiger partial charge in [0.15, 0.2) is 0 Å². The Morgan fingerprint density at radius 1 is 1.38 bits per heavy atom. The van der Waals surface area contributed by atoms with Crippen LogP contribution in [0, 0.1) is 0 Å². The monoisotopic (exact) mass is 226 g/mol. The number of amides is 2. The van der Waals surface area contributed by atoms with Gasteiger partial charge in [-0.1, -0.05) is 0 Å². The Kier molecular flexibility index (Phi) is 3.43. The van der Waals surface area contributed by atoms with Gasteiger partial charge in [-0.15, -0.1) is 0 Å². The fraction of sp³-hybridized carbons (Fsp3) is 0.818. The van der Waals surface area contributed by atoms with Gasteiger partial charge in [-0.25, -0.2) is 0 Å². The first-order valence-electron chi connectivity index (χ1n) is 5.81. The second kappa shape index (κ2) is 4.82. The van der Waals surface area contributed by atoms with E-state index < -0.39 is 0 Å². The van der Waals surface area contributed by atoms with Gasteiger partial charge in [0, 0.05) is 20.2 Å². The zero-order valence-electron chi connectivity index (χ0n) is 9.65. The molecule has 2 aliphatic rings. The third kappa shape index (κ3) is 2.04. The van der Waals surface area contributed by atoms with Crippen molar-refractivity contribution in [3.05, 3.63) is 0 Å². The average Bonchev–Trinajstić information content (AvgIpc) is 2.32. The maximum absolute atomic E-state index is 12.1. The van der Waals surface area contributed by atoms with Gasteiger partial charge in [-0.3, -0.25) is 9.59 Å².